The molecule has 0 spiro atoms. The average molecular weight is 347 g/mol. The van der Waals surface area contributed by atoms with Gasteiger partial charge in [0, 0.05) is 0 Å². The summed E-state index contributed by atoms with van der Waals surface area (Å²) in [6, 6.07) is 0. The molecule has 0 radical (unpaired) electrons. The summed E-state index contributed by atoms with van der Waals surface area (Å²) in [5.41, 5.74) is -0.986. The van der Waals surface area contributed by atoms with Crippen LogP contribution in [-0.4, -0.2) is 15.0 Å². The van der Waals surface area contributed by atoms with E-state index in [1.165, 1.54) is 0 Å². The first-order chi connectivity index (χ1) is 5.45. The van der Waals surface area contributed by atoms with Crippen molar-refractivity contribution < 1.29 is 30.7 Å². The van der Waals surface area contributed by atoms with E-state index in [9.17, 15) is 5.11 Å². The Balaban J connectivity index is 3.05. The molecule has 1 aromatic heterocycles. The van der Waals surface area contributed by atoms with Gasteiger partial charge in [0.15, 0.2) is 0 Å². The second kappa shape index (κ2) is 3.63. The van der Waals surface area contributed by atoms with Crippen LogP contribution in [0.5, 0.6) is 0 Å². The summed E-state index contributed by atoms with van der Waals surface area (Å²) < 4.78 is 6.98. The van der Waals surface area contributed by atoms with Crippen molar-refractivity contribution in [1.82, 2.24) is 4.98 Å². The topological polar surface area (TPSA) is 46.3 Å². The Morgan fingerprint density at radius 3 is 2.42 bits per heavy atom. The van der Waals surface area contributed by atoms with E-state index < -0.39 is 5.60 Å². The third-order valence-corrected chi connectivity index (χ3v) is 4.23. The molecule has 0 aromatic carbocycles. The molecule has 1 aromatic rings. The van der Waals surface area contributed by atoms with Crippen LogP contribution in [0.3, 0.4) is 0 Å². The molecule has 0 aliphatic rings. The minimum atomic E-state index is -0.986. The fraction of sp³-hybridized carbons (Fsp3) is 0.571. The van der Waals surface area contributed by atoms with Gasteiger partial charge in [-0.05, 0) is 0 Å². The summed E-state index contributed by atoms with van der Waals surface area (Å²) in [6.45, 7) is 3.31. The van der Waals surface area contributed by atoms with Crippen molar-refractivity contribution in [3.05, 3.63) is 14.3 Å². The third kappa shape index (κ3) is 2.20. The number of halogens is 2. The number of aromatic nitrogens is 1. The van der Waals surface area contributed by atoms with E-state index >= 15 is 0 Å². The van der Waals surface area contributed by atoms with Gasteiger partial charge in [-0.3, -0.25) is 0 Å². The Morgan fingerprint density at radius 1 is 1.58 bits per heavy atom. The van der Waals surface area contributed by atoms with E-state index in [2.05, 4.69) is 25.8 Å². The van der Waals surface area contributed by atoms with Gasteiger partial charge < -0.3 is 0 Å². The summed E-state index contributed by atoms with van der Waals surface area (Å²) in [5.74, 6) is 0.380. The summed E-state index contributed by atoms with van der Waals surface area (Å²) in [4.78, 5) is 6.16. The van der Waals surface area contributed by atoms with Gasteiger partial charge in [0.05, 0.1) is 0 Å². The molecule has 1 heterocycles. The van der Waals surface area contributed by atoms with E-state index in [-0.39, 0.29) is 21.2 Å². The van der Waals surface area contributed by atoms with Crippen LogP contribution in [0, 0.1) is 3.77 Å². The maximum atomic E-state index is 9.56. The van der Waals surface area contributed by atoms with E-state index in [1.54, 1.807) is 13.8 Å². The van der Waals surface area contributed by atoms with Gasteiger partial charge in [0.25, 0.3) is 0 Å². The molecule has 0 saturated heterocycles. The van der Waals surface area contributed by atoms with Crippen LogP contribution in [-0.2, 0) is 5.60 Å². The molecule has 5 heteroatoms. The van der Waals surface area contributed by atoms with E-state index in [0.29, 0.717) is 5.89 Å². The van der Waals surface area contributed by atoms with Crippen LogP contribution in [0.15, 0.2) is 9.02 Å². The number of hydrogen-bond donors (Lipinski definition) is 1. The number of aliphatic hydroxyl groups is 1. The monoisotopic (exact) mass is 346 g/mol. The Hall–Kier alpha value is 0.380. The Kier molecular flexibility index (Phi) is 3.16. The Labute approximate surface area is 90.0 Å². The first-order valence-electron chi connectivity index (χ1n) is 3.33. The van der Waals surface area contributed by atoms with E-state index in [4.69, 9.17) is 4.42 Å². The van der Waals surface area contributed by atoms with Crippen molar-refractivity contribution in [2.24, 2.45) is 0 Å². The predicted octanol–water partition coefficient (Wildman–Crippen LogP) is -1.45. The summed E-state index contributed by atoms with van der Waals surface area (Å²) in [6.07, 6.45) is 0. The average Bonchev–Trinajstić information content (AvgIpc) is 2.29. The molecule has 0 aliphatic carbocycles. The molecule has 0 unspecified atom stereocenters. The van der Waals surface area contributed by atoms with Crippen LogP contribution in [0.4, 0.5) is 0 Å². The van der Waals surface area contributed by atoms with Crippen molar-refractivity contribution in [3.8, 4) is 0 Å². The molecule has 3 nitrogen and oxygen atoms in total. The van der Waals surface area contributed by atoms with Crippen molar-refractivity contribution in [2.45, 2.75) is 19.4 Å². The first-order valence-corrected chi connectivity index (χ1v) is 7.36. The zero-order chi connectivity index (χ0) is 9.35. The summed E-state index contributed by atoms with van der Waals surface area (Å²) in [7, 11) is 0. The van der Waals surface area contributed by atoms with Crippen molar-refractivity contribution >= 4 is 15.9 Å². The van der Waals surface area contributed by atoms with Crippen molar-refractivity contribution in [2.75, 3.05) is 4.93 Å². The van der Waals surface area contributed by atoms with Gasteiger partial charge in [-0.2, -0.15) is 0 Å². The second-order valence-electron chi connectivity index (χ2n) is 2.83. The van der Waals surface area contributed by atoms with Crippen LogP contribution in [0.25, 0.3) is 0 Å². The van der Waals surface area contributed by atoms with Gasteiger partial charge in [-0.15, -0.1) is 0 Å². The quantitative estimate of drug-likeness (QED) is 0.526. The van der Waals surface area contributed by atoms with Crippen LogP contribution in [0.1, 0.15) is 19.7 Å². The zero-order valence-electron chi connectivity index (χ0n) is 7.06. The van der Waals surface area contributed by atoms with E-state index in [1.807, 2.05) is 0 Å². The molecule has 70 valence electrons. The van der Waals surface area contributed by atoms with Gasteiger partial charge in [-0.25, -0.2) is 0 Å². The normalized spacial score (nSPS) is 12.4. The third-order valence-electron chi connectivity index (χ3n) is 1.24. The van der Waals surface area contributed by atoms with Crippen LogP contribution < -0.4 is 21.2 Å². The summed E-state index contributed by atoms with van der Waals surface area (Å²) >= 11 is 3.15. The van der Waals surface area contributed by atoms with Gasteiger partial charge in [-0.1, -0.05) is 0 Å². The minimum absolute atomic E-state index is 0.127. The molecule has 1 rings (SSSR count). The first kappa shape index (κ1) is 10.5. The standard InChI is InChI=1S/C7H10BrINO2/c1-7(2,11)6-10-4(8)5(9-3)12-6/h11H,1-3H3/q-1. The van der Waals surface area contributed by atoms with Gasteiger partial charge in [0.2, 0.25) is 0 Å². The molecule has 0 aliphatic heterocycles. The molecule has 1 N–H and O–H groups in total. The summed E-state index contributed by atoms with van der Waals surface area (Å²) in [5, 5.41) is 9.56. The molecule has 0 bridgehead atoms. The van der Waals surface area contributed by atoms with Crippen LogP contribution >= 0.6 is 15.9 Å². The fourth-order valence-corrected chi connectivity index (χ4v) is 2.90. The number of nitrogens with zero attached hydrogens (tertiary/aromatic N) is 1. The molecule has 0 amide bonds. The second-order valence-corrected chi connectivity index (χ2v) is 5.64. The predicted molar refractivity (Wildman–Crippen MR) is 44.1 cm³/mol. The fourth-order valence-electron chi connectivity index (χ4n) is 0.661. The maximum absolute atomic E-state index is 9.56. The van der Waals surface area contributed by atoms with Crippen molar-refractivity contribution in [1.29, 1.82) is 0 Å². The van der Waals surface area contributed by atoms with Crippen molar-refractivity contribution in [3.63, 3.8) is 0 Å². The van der Waals surface area contributed by atoms with Gasteiger partial charge >= 0.3 is 90.3 Å². The molecular weight excluding hydrogens is 337 g/mol. The van der Waals surface area contributed by atoms with Gasteiger partial charge in [0.1, 0.15) is 0 Å². The van der Waals surface area contributed by atoms with E-state index in [0.717, 1.165) is 8.37 Å². The molecule has 0 fully saturated rings. The Bertz CT molecular complexity index is 279. The molecule has 0 saturated carbocycles. The number of oxazole rings is 1. The Morgan fingerprint density at radius 2 is 2.17 bits per heavy atom. The number of alkyl halides is 1. The van der Waals surface area contributed by atoms with Crippen LogP contribution in [0.2, 0.25) is 0 Å². The number of hydrogen-bond acceptors (Lipinski definition) is 3. The molecular formula is C7H10BrINO2-. The SMILES string of the molecule is C[I-]c1oc(C(C)(C)O)nc1Br. The zero-order valence-corrected chi connectivity index (χ0v) is 10.8. The number of rotatable bonds is 2. The molecule has 0 atom stereocenters. The molecule has 12 heavy (non-hydrogen) atoms.